The van der Waals surface area contributed by atoms with Gasteiger partial charge in [-0.15, -0.1) is 0 Å². The van der Waals surface area contributed by atoms with Crippen LogP contribution in [0.1, 0.15) is 17.3 Å². The molecule has 3 rings (SSSR count). The minimum absolute atomic E-state index is 0.205. The summed E-state index contributed by atoms with van der Waals surface area (Å²) >= 11 is 7.44. The molecule has 9 heteroatoms. The fourth-order valence-electron chi connectivity index (χ4n) is 2.73. The van der Waals surface area contributed by atoms with E-state index in [9.17, 15) is 18.4 Å². The second-order valence-corrected chi connectivity index (χ2v) is 7.79. The number of pyridine rings is 1. The van der Waals surface area contributed by atoms with Gasteiger partial charge in [0, 0.05) is 17.6 Å². The molecule has 5 nitrogen and oxygen atoms in total. The van der Waals surface area contributed by atoms with Crippen molar-refractivity contribution in [2.24, 2.45) is 0 Å². The highest BCUT2D eigenvalue weighted by Gasteiger charge is 2.22. The molecule has 31 heavy (non-hydrogen) atoms. The van der Waals surface area contributed by atoms with Crippen molar-refractivity contribution in [2.75, 3.05) is 18.4 Å². The van der Waals surface area contributed by atoms with Crippen LogP contribution in [-0.4, -0.2) is 34.8 Å². The van der Waals surface area contributed by atoms with Gasteiger partial charge in [0.15, 0.2) is 0 Å². The van der Waals surface area contributed by atoms with Gasteiger partial charge in [0.2, 0.25) is 5.91 Å². The first-order valence-corrected chi connectivity index (χ1v) is 10.5. The maximum absolute atomic E-state index is 13.8. The van der Waals surface area contributed by atoms with Crippen LogP contribution in [0.2, 0.25) is 5.02 Å². The molecular formula is C22H18ClF2N3O2S. The van der Waals surface area contributed by atoms with Gasteiger partial charge in [-0.3, -0.25) is 9.59 Å². The van der Waals surface area contributed by atoms with Gasteiger partial charge in [-0.05, 0) is 43.3 Å². The molecule has 0 atom stereocenters. The molecule has 3 aromatic rings. The van der Waals surface area contributed by atoms with Crippen molar-refractivity contribution in [3.8, 4) is 0 Å². The molecule has 0 radical (unpaired) electrons. The number of rotatable bonds is 7. The maximum atomic E-state index is 13.8. The average Bonchev–Trinajstić information content (AvgIpc) is 2.76. The summed E-state index contributed by atoms with van der Waals surface area (Å²) in [6.07, 6.45) is 1.56. The van der Waals surface area contributed by atoms with Crippen LogP contribution in [0.15, 0.2) is 70.7 Å². The van der Waals surface area contributed by atoms with Crippen molar-refractivity contribution in [3.63, 3.8) is 0 Å². The minimum atomic E-state index is -0.895. The lowest BCUT2D eigenvalue weighted by Crippen LogP contribution is -2.38. The molecule has 0 aliphatic carbocycles. The zero-order valence-electron chi connectivity index (χ0n) is 16.4. The Balaban J connectivity index is 1.78. The fourth-order valence-corrected chi connectivity index (χ4v) is 3.88. The highest BCUT2D eigenvalue weighted by atomic mass is 35.5. The topological polar surface area (TPSA) is 62.3 Å². The predicted octanol–water partition coefficient (Wildman–Crippen LogP) is 5.27. The van der Waals surface area contributed by atoms with E-state index in [0.29, 0.717) is 15.6 Å². The summed E-state index contributed by atoms with van der Waals surface area (Å²) in [5.74, 6) is -2.94. The summed E-state index contributed by atoms with van der Waals surface area (Å²) in [6.45, 7) is 1.53. The van der Waals surface area contributed by atoms with Crippen molar-refractivity contribution in [3.05, 3.63) is 83.0 Å². The van der Waals surface area contributed by atoms with Gasteiger partial charge in [-0.1, -0.05) is 41.6 Å². The van der Waals surface area contributed by atoms with Gasteiger partial charge in [0.25, 0.3) is 5.91 Å². The first-order valence-electron chi connectivity index (χ1n) is 9.31. The van der Waals surface area contributed by atoms with Crippen LogP contribution in [0.3, 0.4) is 0 Å². The highest BCUT2D eigenvalue weighted by molar-refractivity contribution is 7.99. The Bertz CT molecular complexity index is 1090. The van der Waals surface area contributed by atoms with Gasteiger partial charge < -0.3 is 10.2 Å². The molecule has 160 valence electrons. The number of carbonyl (C=O) groups excluding carboxylic acids is 2. The molecule has 1 heterocycles. The van der Waals surface area contributed by atoms with Crippen LogP contribution < -0.4 is 5.32 Å². The molecule has 1 N–H and O–H groups in total. The first-order chi connectivity index (χ1) is 14.9. The molecule has 0 saturated carbocycles. The van der Waals surface area contributed by atoms with E-state index in [-0.39, 0.29) is 13.1 Å². The standard InChI is InChI=1S/C22H18ClF2N3O2S/c1-2-28(13-19(29)27-20-16(24)9-5-10-17(20)25)22(30)14-7-6-12-26-21(14)31-18-11-4-3-8-15(18)23/h3-12H,2,13H2,1H3,(H,27,29). The molecule has 0 aliphatic rings. The van der Waals surface area contributed by atoms with E-state index < -0.39 is 29.1 Å². The third kappa shape index (κ3) is 5.59. The quantitative estimate of drug-likeness (QED) is 0.521. The second kappa shape index (κ2) is 10.4. The van der Waals surface area contributed by atoms with Gasteiger partial charge in [0.05, 0.1) is 10.6 Å². The largest absolute Gasteiger partial charge is 0.330 e. The number of carbonyl (C=O) groups is 2. The van der Waals surface area contributed by atoms with Crippen molar-refractivity contribution >= 4 is 40.9 Å². The summed E-state index contributed by atoms with van der Waals surface area (Å²) in [5, 5.41) is 3.14. The van der Waals surface area contributed by atoms with Crippen molar-refractivity contribution in [1.82, 2.24) is 9.88 Å². The normalized spacial score (nSPS) is 10.6. The van der Waals surface area contributed by atoms with Crippen LogP contribution in [0.25, 0.3) is 0 Å². The average molecular weight is 462 g/mol. The number of para-hydroxylation sites is 1. The molecule has 2 amide bonds. The number of halogens is 3. The second-order valence-electron chi connectivity index (χ2n) is 6.35. The Kier molecular flexibility index (Phi) is 7.59. The summed E-state index contributed by atoms with van der Waals surface area (Å²) in [5.41, 5.74) is -0.258. The Morgan fingerprint density at radius 3 is 2.45 bits per heavy atom. The number of nitrogens with zero attached hydrogens (tertiary/aromatic N) is 2. The number of nitrogens with one attached hydrogen (secondary N) is 1. The van der Waals surface area contributed by atoms with Crippen LogP contribution in [0.4, 0.5) is 14.5 Å². The number of anilines is 1. The number of benzene rings is 2. The predicted molar refractivity (Wildman–Crippen MR) is 116 cm³/mol. The SMILES string of the molecule is CCN(CC(=O)Nc1c(F)cccc1F)C(=O)c1cccnc1Sc1ccccc1Cl. The lowest BCUT2D eigenvalue weighted by Gasteiger charge is -2.21. The third-order valence-electron chi connectivity index (χ3n) is 4.28. The molecule has 0 fully saturated rings. The summed E-state index contributed by atoms with van der Waals surface area (Å²) in [7, 11) is 0. The van der Waals surface area contributed by atoms with Crippen molar-refractivity contribution < 1.29 is 18.4 Å². The molecule has 2 aromatic carbocycles. The van der Waals surface area contributed by atoms with Crippen LogP contribution in [0.5, 0.6) is 0 Å². The molecule has 0 saturated heterocycles. The van der Waals surface area contributed by atoms with Crippen molar-refractivity contribution in [2.45, 2.75) is 16.8 Å². The zero-order valence-corrected chi connectivity index (χ0v) is 18.0. The molecule has 0 unspecified atom stereocenters. The van der Waals surface area contributed by atoms with E-state index in [1.807, 2.05) is 12.1 Å². The fraction of sp³-hybridized carbons (Fsp3) is 0.136. The van der Waals surface area contributed by atoms with Crippen LogP contribution in [-0.2, 0) is 4.79 Å². The Hall–Kier alpha value is -2.97. The third-order valence-corrected chi connectivity index (χ3v) is 5.81. The van der Waals surface area contributed by atoms with Gasteiger partial charge in [0.1, 0.15) is 28.9 Å². The monoisotopic (exact) mass is 461 g/mol. The van der Waals surface area contributed by atoms with Gasteiger partial charge in [-0.2, -0.15) is 0 Å². The van der Waals surface area contributed by atoms with Crippen molar-refractivity contribution in [1.29, 1.82) is 0 Å². The van der Waals surface area contributed by atoms with E-state index in [2.05, 4.69) is 10.3 Å². The van der Waals surface area contributed by atoms with Crippen LogP contribution >= 0.6 is 23.4 Å². The zero-order chi connectivity index (χ0) is 22.4. The minimum Gasteiger partial charge on any atom is -0.330 e. The lowest BCUT2D eigenvalue weighted by atomic mass is 10.2. The van der Waals surface area contributed by atoms with E-state index >= 15 is 0 Å². The number of amides is 2. The van der Waals surface area contributed by atoms with Gasteiger partial charge >= 0.3 is 0 Å². The van der Waals surface area contributed by atoms with E-state index in [0.717, 1.165) is 17.0 Å². The summed E-state index contributed by atoms with van der Waals surface area (Å²) < 4.78 is 27.6. The molecular weight excluding hydrogens is 444 g/mol. The number of likely N-dealkylation sites (N-methyl/N-ethyl adjacent to an activating group) is 1. The van der Waals surface area contributed by atoms with E-state index in [4.69, 9.17) is 11.6 Å². The van der Waals surface area contributed by atoms with E-state index in [1.54, 1.807) is 37.4 Å². The van der Waals surface area contributed by atoms with Crippen LogP contribution in [0, 0.1) is 11.6 Å². The Labute approximate surface area is 187 Å². The summed E-state index contributed by atoms with van der Waals surface area (Å²) in [6, 6.07) is 13.7. The summed E-state index contributed by atoms with van der Waals surface area (Å²) in [4.78, 5) is 31.7. The first kappa shape index (κ1) is 22.7. The maximum Gasteiger partial charge on any atom is 0.257 e. The number of aromatic nitrogens is 1. The molecule has 1 aromatic heterocycles. The Morgan fingerprint density at radius 1 is 1.06 bits per heavy atom. The Morgan fingerprint density at radius 2 is 1.77 bits per heavy atom. The van der Waals surface area contributed by atoms with E-state index in [1.165, 1.54) is 22.7 Å². The molecule has 0 aliphatic heterocycles. The molecule has 0 spiro atoms. The number of hydrogen-bond donors (Lipinski definition) is 1. The molecule has 0 bridgehead atoms. The smallest absolute Gasteiger partial charge is 0.257 e. The number of hydrogen-bond acceptors (Lipinski definition) is 4. The van der Waals surface area contributed by atoms with Gasteiger partial charge in [-0.25, -0.2) is 13.8 Å². The highest BCUT2D eigenvalue weighted by Crippen LogP contribution is 2.34. The lowest BCUT2D eigenvalue weighted by molar-refractivity contribution is -0.116.